The summed E-state index contributed by atoms with van der Waals surface area (Å²) in [6.07, 6.45) is 0.507. The van der Waals surface area contributed by atoms with Crippen LogP contribution in [0.1, 0.15) is 22.7 Å². The molecule has 1 heterocycles. The topological polar surface area (TPSA) is 63.2 Å². The quantitative estimate of drug-likeness (QED) is 0.178. The first-order valence-electron chi connectivity index (χ1n) is 10.6. The van der Waals surface area contributed by atoms with Crippen LogP contribution >= 0.6 is 23.4 Å². The summed E-state index contributed by atoms with van der Waals surface area (Å²) < 4.78 is 86.5. The highest BCUT2D eigenvalue weighted by Crippen LogP contribution is 2.43. The molecule has 0 saturated carbocycles. The van der Waals surface area contributed by atoms with Crippen LogP contribution in [0.25, 0.3) is 0 Å². The van der Waals surface area contributed by atoms with Crippen molar-refractivity contribution < 1.29 is 26.0 Å². The standard InChI is InChI=1S/C25H18ClF4N3O2S2/c1-36-19-6-4-5-18(12-19)33(37(34,35)23-10-9-17(26)11-21(23)25(28,29)30)24(16-13-31-15-32-14-16)20-7-2-3-8-22(20)27/h2-15,24H,1H3. The highest BCUT2D eigenvalue weighted by Gasteiger charge is 2.42. The van der Waals surface area contributed by atoms with Crippen molar-refractivity contribution in [3.63, 3.8) is 0 Å². The molecule has 0 saturated heterocycles. The van der Waals surface area contributed by atoms with Gasteiger partial charge in [0.15, 0.2) is 0 Å². The summed E-state index contributed by atoms with van der Waals surface area (Å²) in [5, 5.41) is -0.288. The van der Waals surface area contributed by atoms with E-state index in [1.807, 2.05) is 0 Å². The van der Waals surface area contributed by atoms with E-state index in [0.29, 0.717) is 11.0 Å². The van der Waals surface area contributed by atoms with Gasteiger partial charge in [0.05, 0.1) is 16.1 Å². The van der Waals surface area contributed by atoms with Crippen LogP contribution < -0.4 is 4.31 Å². The number of thioether (sulfide) groups is 1. The Bertz CT molecular complexity index is 1520. The fraction of sp³-hybridized carbons (Fsp3) is 0.120. The predicted molar refractivity (Wildman–Crippen MR) is 135 cm³/mol. The molecule has 12 heteroatoms. The molecular formula is C25H18ClF4N3O2S2. The minimum Gasteiger partial charge on any atom is -0.254 e. The van der Waals surface area contributed by atoms with Crippen LogP contribution in [0.15, 0.2) is 95.2 Å². The molecule has 0 aliphatic carbocycles. The van der Waals surface area contributed by atoms with E-state index in [1.54, 1.807) is 18.4 Å². The second kappa shape index (κ2) is 10.7. The summed E-state index contributed by atoms with van der Waals surface area (Å²) in [4.78, 5) is 7.48. The Labute approximate surface area is 220 Å². The molecule has 0 N–H and O–H groups in total. The number of benzene rings is 3. The van der Waals surface area contributed by atoms with Crippen molar-refractivity contribution in [1.29, 1.82) is 0 Å². The Hall–Kier alpha value is -3.15. The van der Waals surface area contributed by atoms with Crippen LogP contribution in [-0.2, 0) is 16.2 Å². The molecule has 0 spiro atoms. The zero-order valence-corrected chi connectivity index (χ0v) is 21.4. The number of hydrogen-bond acceptors (Lipinski definition) is 5. The molecule has 4 rings (SSSR count). The SMILES string of the molecule is CSc1cccc(N(C(c2cncnc2)c2ccccc2F)S(=O)(=O)c2ccc(Cl)cc2C(F)(F)F)c1. The van der Waals surface area contributed by atoms with Crippen molar-refractivity contribution in [1.82, 2.24) is 9.97 Å². The Morgan fingerprint density at radius 2 is 1.68 bits per heavy atom. The van der Waals surface area contributed by atoms with Gasteiger partial charge in [0.25, 0.3) is 10.0 Å². The van der Waals surface area contributed by atoms with Crippen molar-refractivity contribution in [2.75, 3.05) is 10.6 Å². The lowest BCUT2D eigenvalue weighted by molar-refractivity contribution is -0.139. The van der Waals surface area contributed by atoms with Gasteiger partial charge in [0.1, 0.15) is 18.2 Å². The number of anilines is 1. The van der Waals surface area contributed by atoms with E-state index in [1.165, 1.54) is 60.8 Å². The lowest BCUT2D eigenvalue weighted by Gasteiger charge is -2.34. The maximum Gasteiger partial charge on any atom is 0.417 e. The van der Waals surface area contributed by atoms with E-state index >= 15 is 4.39 Å². The Morgan fingerprint density at radius 1 is 0.973 bits per heavy atom. The monoisotopic (exact) mass is 567 g/mol. The Morgan fingerprint density at radius 3 is 2.32 bits per heavy atom. The van der Waals surface area contributed by atoms with Gasteiger partial charge in [-0.3, -0.25) is 4.31 Å². The zero-order valence-electron chi connectivity index (χ0n) is 19.0. The molecule has 0 aliphatic rings. The van der Waals surface area contributed by atoms with Gasteiger partial charge in [-0.25, -0.2) is 22.8 Å². The average molecular weight is 568 g/mol. The van der Waals surface area contributed by atoms with Crippen LogP contribution in [0, 0.1) is 5.82 Å². The number of rotatable bonds is 7. The summed E-state index contributed by atoms with van der Waals surface area (Å²) in [6, 6.07) is 12.6. The van der Waals surface area contributed by atoms with Gasteiger partial charge in [-0.1, -0.05) is 35.9 Å². The maximum absolute atomic E-state index is 15.2. The molecule has 0 bridgehead atoms. The van der Waals surface area contributed by atoms with E-state index in [2.05, 4.69) is 9.97 Å². The minimum atomic E-state index is -5.04. The van der Waals surface area contributed by atoms with Crippen LogP contribution in [0.5, 0.6) is 0 Å². The van der Waals surface area contributed by atoms with Gasteiger partial charge in [0, 0.05) is 33.4 Å². The van der Waals surface area contributed by atoms with Gasteiger partial charge in [-0.2, -0.15) is 13.2 Å². The van der Waals surface area contributed by atoms with Crippen molar-refractivity contribution in [3.8, 4) is 0 Å². The van der Waals surface area contributed by atoms with Crippen LogP contribution in [-0.4, -0.2) is 24.6 Å². The van der Waals surface area contributed by atoms with Crippen molar-refractivity contribution in [2.24, 2.45) is 0 Å². The number of alkyl halides is 3. The fourth-order valence-electron chi connectivity index (χ4n) is 3.82. The van der Waals surface area contributed by atoms with Crippen molar-refractivity contribution >= 4 is 39.1 Å². The molecule has 1 atom stereocenters. The molecule has 4 aromatic rings. The fourth-order valence-corrected chi connectivity index (χ4v) is 6.25. The van der Waals surface area contributed by atoms with Gasteiger partial charge in [-0.15, -0.1) is 11.8 Å². The number of halogens is 5. The summed E-state index contributed by atoms with van der Waals surface area (Å²) in [5.41, 5.74) is -1.37. The molecule has 0 radical (unpaired) electrons. The summed E-state index contributed by atoms with van der Waals surface area (Å²) in [5.74, 6) is -0.760. The van der Waals surface area contributed by atoms with Crippen molar-refractivity contribution in [2.45, 2.75) is 22.0 Å². The van der Waals surface area contributed by atoms with Crippen LogP contribution in [0.2, 0.25) is 5.02 Å². The third-order valence-electron chi connectivity index (χ3n) is 5.42. The summed E-state index contributed by atoms with van der Waals surface area (Å²) in [7, 11) is -5.00. The van der Waals surface area contributed by atoms with Gasteiger partial charge in [0.2, 0.25) is 0 Å². The second-order valence-electron chi connectivity index (χ2n) is 7.74. The van der Waals surface area contributed by atoms with E-state index in [0.717, 1.165) is 22.5 Å². The minimum absolute atomic E-state index is 0.0204. The first-order chi connectivity index (χ1) is 17.5. The molecule has 0 aliphatic heterocycles. The Balaban J connectivity index is 2.09. The normalized spacial score (nSPS) is 12.8. The summed E-state index contributed by atoms with van der Waals surface area (Å²) >= 11 is 7.11. The number of hydrogen-bond donors (Lipinski definition) is 0. The molecule has 1 aromatic heterocycles. The van der Waals surface area contributed by atoms with E-state index < -0.39 is 38.5 Å². The molecule has 0 fully saturated rings. The van der Waals surface area contributed by atoms with Gasteiger partial charge >= 0.3 is 6.18 Å². The lowest BCUT2D eigenvalue weighted by atomic mass is 10.00. The van der Waals surface area contributed by atoms with Gasteiger partial charge in [-0.05, 0) is 48.7 Å². The first-order valence-corrected chi connectivity index (χ1v) is 13.6. The highest BCUT2D eigenvalue weighted by molar-refractivity contribution is 7.98. The predicted octanol–water partition coefficient (Wildman–Crippen LogP) is 6.99. The molecule has 37 heavy (non-hydrogen) atoms. The van der Waals surface area contributed by atoms with Crippen LogP contribution in [0.3, 0.4) is 0 Å². The first kappa shape index (κ1) is 26.9. The maximum atomic E-state index is 15.2. The van der Waals surface area contributed by atoms with E-state index in [4.69, 9.17) is 11.6 Å². The third-order valence-corrected chi connectivity index (χ3v) is 8.23. The molecule has 3 aromatic carbocycles. The number of sulfonamides is 1. The smallest absolute Gasteiger partial charge is 0.254 e. The zero-order chi connectivity index (χ0) is 26.8. The number of aromatic nitrogens is 2. The molecule has 192 valence electrons. The van der Waals surface area contributed by atoms with Gasteiger partial charge < -0.3 is 0 Å². The molecule has 1 unspecified atom stereocenters. The van der Waals surface area contributed by atoms with E-state index in [-0.39, 0.29) is 21.8 Å². The number of nitrogens with zero attached hydrogens (tertiary/aromatic N) is 3. The van der Waals surface area contributed by atoms with Crippen LogP contribution in [0.4, 0.5) is 23.2 Å². The average Bonchev–Trinajstić information content (AvgIpc) is 2.87. The van der Waals surface area contributed by atoms with Crippen molar-refractivity contribution in [3.05, 3.63) is 113 Å². The summed E-state index contributed by atoms with van der Waals surface area (Å²) in [6.45, 7) is 0. The molecule has 5 nitrogen and oxygen atoms in total. The van der Waals surface area contributed by atoms with E-state index in [9.17, 15) is 21.6 Å². The lowest BCUT2D eigenvalue weighted by Crippen LogP contribution is -2.37. The Kier molecular flexibility index (Phi) is 7.77. The largest absolute Gasteiger partial charge is 0.417 e. The molecule has 0 amide bonds. The second-order valence-corrected chi connectivity index (χ2v) is 10.8. The highest BCUT2D eigenvalue weighted by atomic mass is 35.5. The molecular weight excluding hydrogens is 550 g/mol. The third kappa shape index (κ3) is 5.58.